The summed E-state index contributed by atoms with van der Waals surface area (Å²) in [5, 5.41) is 3.57. The highest BCUT2D eigenvalue weighted by molar-refractivity contribution is 4.80. The van der Waals surface area contributed by atoms with Crippen molar-refractivity contribution in [1.29, 1.82) is 0 Å². The molecule has 0 saturated heterocycles. The van der Waals surface area contributed by atoms with Crippen LogP contribution in [0, 0.1) is 11.8 Å². The van der Waals surface area contributed by atoms with Crippen LogP contribution in [0.4, 0.5) is 0 Å². The van der Waals surface area contributed by atoms with Crippen LogP contribution in [0.3, 0.4) is 0 Å². The van der Waals surface area contributed by atoms with Crippen molar-refractivity contribution < 1.29 is 4.74 Å². The van der Waals surface area contributed by atoms with Crippen molar-refractivity contribution in [1.82, 2.24) is 5.32 Å². The molecule has 2 rings (SSSR count). The average molecular weight is 253 g/mol. The van der Waals surface area contributed by atoms with Gasteiger partial charge >= 0.3 is 0 Å². The Morgan fingerprint density at radius 1 is 0.889 bits per heavy atom. The van der Waals surface area contributed by atoms with Crippen LogP contribution < -0.4 is 5.32 Å². The Morgan fingerprint density at radius 3 is 2.17 bits per heavy atom. The van der Waals surface area contributed by atoms with Crippen molar-refractivity contribution >= 4 is 0 Å². The van der Waals surface area contributed by atoms with Crippen molar-refractivity contribution in [2.24, 2.45) is 11.8 Å². The SMILES string of the molecule is CCNC1CCC(OC2CCC(C)C(C)C2)CC1. The molecule has 0 spiro atoms. The van der Waals surface area contributed by atoms with Gasteiger partial charge < -0.3 is 10.1 Å². The predicted molar refractivity (Wildman–Crippen MR) is 76.8 cm³/mol. The first-order valence-corrected chi connectivity index (χ1v) is 8.07. The molecule has 106 valence electrons. The molecule has 18 heavy (non-hydrogen) atoms. The van der Waals surface area contributed by atoms with Crippen LogP contribution in [0.5, 0.6) is 0 Å². The molecule has 0 aromatic carbocycles. The van der Waals surface area contributed by atoms with E-state index in [2.05, 4.69) is 26.1 Å². The molecular formula is C16H31NO. The summed E-state index contributed by atoms with van der Waals surface area (Å²) < 4.78 is 6.35. The largest absolute Gasteiger partial charge is 0.375 e. The highest BCUT2D eigenvalue weighted by Gasteiger charge is 2.28. The van der Waals surface area contributed by atoms with E-state index in [1.54, 1.807) is 0 Å². The molecule has 0 bridgehead atoms. The highest BCUT2D eigenvalue weighted by Crippen LogP contribution is 2.33. The van der Waals surface area contributed by atoms with Gasteiger partial charge in [-0.05, 0) is 63.3 Å². The number of hydrogen-bond donors (Lipinski definition) is 1. The zero-order valence-corrected chi connectivity index (χ0v) is 12.5. The Kier molecular flexibility index (Phi) is 5.50. The van der Waals surface area contributed by atoms with Crippen molar-refractivity contribution in [2.75, 3.05) is 6.54 Å². The fourth-order valence-corrected chi connectivity index (χ4v) is 3.59. The second kappa shape index (κ2) is 6.91. The Labute approximate surface area is 113 Å². The van der Waals surface area contributed by atoms with Gasteiger partial charge in [-0.15, -0.1) is 0 Å². The molecule has 3 unspecified atom stereocenters. The van der Waals surface area contributed by atoms with E-state index < -0.39 is 0 Å². The minimum Gasteiger partial charge on any atom is -0.375 e. The first-order valence-electron chi connectivity index (χ1n) is 8.07. The maximum absolute atomic E-state index is 6.35. The monoisotopic (exact) mass is 253 g/mol. The van der Waals surface area contributed by atoms with Gasteiger partial charge in [0.2, 0.25) is 0 Å². The fraction of sp³-hybridized carbons (Fsp3) is 1.00. The maximum atomic E-state index is 6.35. The smallest absolute Gasteiger partial charge is 0.0581 e. The zero-order chi connectivity index (χ0) is 13.0. The lowest BCUT2D eigenvalue weighted by Gasteiger charge is -2.36. The predicted octanol–water partition coefficient (Wildman–Crippen LogP) is 3.75. The topological polar surface area (TPSA) is 21.3 Å². The normalized spacial score (nSPS) is 41.8. The van der Waals surface area contributed by atoms with E-state index >= 15 is 0 Å². The van der Waals surface area contributed by atoms with E-state index in [0.29, 0.717) is 12.2 Å². The second-order valence-electron chi connectivity index (χ2n) is 6.56. The Bertz CT molecular complexity index is 235. The van der Waals surface area contributed by atoms with Crippen LogP contribution in [0.1, 0.15) is 65.7 Å². The highest BCUT2D eigenvalue weighted by atomic mass is 16.5. The maximum Gasteiger partial charge on any atom is 0.0581 e. The molecule has 2 saturated carbocycles. The summed E-state index contributed by atoms with van der Waals surface area (Å²) in [6.45, 7) is 8.09. The molecular weight excluding hydrogens is 222 g/mol. The lowest BCUT2D eigenvalue weighted by Crippen LogP contribution is -2.37. The molecule has 1 N–H and O–H groups in total. The molecule has 2 nitrogen and oxygen atoms in total. The molecule has 0 radical (unpaired) electrons. The van der Waals surface area contributed by atoms with Crippen LogP contribution in [-0.4, -0.2) is 24.8 Å². The molecule has 2 heteroatoms. The van der Waals surface area contributed by atoms with Crippen LogP contribution in [0.15, 0.2) is 0 Å². The van der Waals surface area contributed by atoms with Crippen LogP contribution >= 0.6 is 0 Å². The van der Waals surface area contributed by atoms with E-state index in [9.17, 15) is 0 Å². The van der Waals surface area contributed by atoms with Gasteiger partial charge in [0.05, 0.1) is 12.2 Å². The molecule has 0 amide bonds. The van der Waals surface area contributed by atoms with Gasteiger partial charge in [0.25, 0.3) is 0 Å². The molecule has 2 fully saturated rings. The minimum atomic E-state index is 0.547. The lowest BCUT2D eigenvalue weighted by molar-refractivity contribution is -0.0628. The van der Waals surface area contributed by atoms with Gasteiger partial charge in [0.15, 0.2) is 0 Å². The number of nitrogens with one attached hydrogen (secondary N) is 1. The van der Waals surface area contributed by atoms with Gasteiger partial charge in [0.1, 0.15) is 0 Å². The van der Waals surface area contributed by atoms with Crippen LogP contribution in [0.25, 0.3) is 0 Å². The molecule has 0 aromatic heterocycles. The third kappa shape index (κ3) is 3.96. The molecule has 0 heterocycles. The summed E-state index contributed by atoms with van der Waals surface area (Å²) in [6, 6.07) is 0.750. The van der Waals surface area contributed by atoms with E-state index in [1.165, 1.54) is 44.9 Å². The first kappa shape index (κ1) is 14.3. The molecule has 0 aliphatic heterocycles. The Balaban J connectivity index is 1.68. The standard InChI is InChI=1S/C16H31NO/c1-4-17-14-6-9-15(10-7-14)18-16-8-5-12(2)13(3)11-16/h12-17H,4-11H2,1-3H3. The third-order valence-electron chi connectivity index (χ3n) is 5.10. The third-order valence-corrected chi connectivity index (χ3v) is 5.10. The van der Waals surface area contributed by atoms with Crippen LogP contribution in [0.2, 0.25) is 0 Å². The van der Waals surface area contributed by atoms with Crippen molar-refractivity contribution in [3.63, 3.8) is 0 Å². The summed E-state index contributed by atoms with van der Waals surface area (Å²) in [5.74, 6) is 1.75. The minimum absolute atomic E-state index is 0.547. The quantitative estimate of drug-likeness (QED) is 0.824. The summed E-state index contributed by atoms with van der Waals surface area (Å²) in [6.07, 6.45) is 10.2. The first-order chi connectivity index (χ1) is 8.69. The summed E-state index contributed by atoms with van der Waals surface area (Å²) >= 11 is 0. The number of hydrogen-bond acceptors (Lipinski definition) is 2. The number of rotatable bonds is 4. The van der Waals surface area contributed by atoms with Gasteiger partial charge in [-0.3, -0.25) is 0 Å². The van der Waals surface area contributed by atoms with Gasteiger partial charge in [-0.2, -0.15) is 0 Å². The Morgan fingerprint density at radius 2 is 1.56 bits per heavy atom. The number of ether oxygens (including phenoxy) is 1. The average Bonchev–Trinajstić information content (AvgIpc) is 2.37. The van der Waals surface area contributed by atoms with E-state index in [4.69, 9.17) is 4.74 Å². The molecule has 0 aromatic rings. The summed E-state index contributed by atoms with van der Waals surface area (Å²) in [5.41, 5.74) is 0. The molecule has 2 aliphatic carbocycles. The fourth-order valence-electron chi connectivity index (χ4n) is 3.59. The van der Waals surface area contributed by atoms with Crippen LogP contribution in [-0.2, 0) is 4.74 Å². The summed E-state index contributed by atoms with van der Waals surface area (Å²) in [4.78, 5) is 0. The van der Waals surface area contributed by atoms with Gasteiger partial charge in [-0.25, -0.2) is 0 Å². The van der Waals surface area contributed by atoms with E-state index in [1.807, 2.05) is 0 Å². The lowest BCUT2D eigenvalue weighted by atomic mass is 9.80. The van der Waals surface area contributed by atoms with E-state index in [-0.39, 0.29) is 0 Å². The summed E-state index contributed by atoms with van der Waals surface area (Å²) in [7, 11) is 0. The second-order valence-corrected chi connectivity index (χ2v) is 6.56. The van der Waals surface area contributed by atoms with Gasteiger partial charge in [0, 0.05) is 6.04 Å². The van der Waals surface area contributed by atoms with E-state index in [0.717, 1.165) is 24.4 Å². The molecule has 2 aliphatic rings. The van der Waals surface area contributed by atoms with Crippen molar-refractivity contribution in [3.8, 4) is 0 Å². The Hall–Kier alpha value is -0.0800. The molecule has 3 atom stereocenters. The van der Waals surface area contributed by atoms with Crippen molar-refractivity contribution in [3.05, 3.63) is 0 Å². The zero-order valence-electron chi connectivity index (χ0n) is 12.5. The van der Waals surface area contributed by atoms with Crippen molar-refractivity contribution in [2.45, 2.75) is 84.0 Å². The van der Waals surface area contributed by atoms with Gasteiger partial charge in [-0.1, -0.05) is 20.8 Å².